The number of nitrogens with zero attached hydrogens (tertiary/aromatic N) is 6. The van der Waals surface area contributed by atoms with Crippen molar-refractivity contribution in [3.8, 4) is 0 Å². The van der Waals surface area contributed by atoms with E-state index >= 15 is 0 Å². The highest BCUT2D eigenvalue weighted by Crippen LogP contribution is 2.26. The maximum Gasteiger partial charge on any atom is 0.262 e. The zero-order valence-electron chi connectivity index (χ0n) is 17.6. The van der Waals surface area contributed by atoms with Crippen LogP contribution in [-0.2, 0) is 0 Å². The quantitative estimate of drug-likeness (QED) is 0.461. The molecule has 0 bridgehead atoms. The number of guanidine groups is 1. The number of aromatic nitrogens is 2. The summed E-state index contributed by atoms with van der Waals surface area (Å²) in [5.74, 6) is -2.05. The predicted octanol–water partition coefficient (Wildman–Crippen LogP) is 3.02. The van der Waals surface area contributed by atoms with Crippen LogP contribution in [0.15, 0.2) is 46.3 Å². The molecule has 0 spiro atoms. The number of carbonyl (C=O) groups is 1. The smallest absolute Gasteiger partial charge is 0.262 e. The highest BCUT2D eigenvalue weighted by atomic mass is 19.1. The maximum atomic E-state index is 13.8. The highest BCUT2D eigenvalue weighted by molar-refractivity contribution is 6.04. The molecule has 0 saturated heterocycles. The van der Waals surface area contributed by atoms with Crippen LogP contribution in [0, 0.1) is 11.6 Å². The van der Waals surface area contributed by atoms with Crippen LogP contribution >= 0.6 is 0 Å². The van der Waals surface area contributed by atoms with Gasteiger partial charge in [-0.2, -0.15) is 5.10 Å². The van der Waals surface area contributed by atoms with Gasteiger partial charge in [0.15, 0.2) is 5.82 Å². The van der Waals surface area contributed by atoms with Gasteiger partial charge in [-0.3, -0.25) is 14.8 Å². The Bertz CT molecular complexity index is 1030. The van der Waals surface area contributed by atoms with E-state index in [1.54, 1.807) is 19.1 Å². The molecule has 0 unspecified atom stereocenters. The van der Waals surface area contributed by atoms with Crippen molar-refractivity contribution in [2.45, 2.75) is 13.3 Å². The summed E-state index contributed by atoms with van der Waals surface area (Å²) in [6.07, 6.45) is 3.69. The molecule has 2 heterocycles. The van der Waals surface area contributed by atoms with Gasteiger partial charge in [-0.15, -0.1) is 0 Å². The molecule has 0 saturated carbocycles. The molecule has 162 valence electrons. The summed E-state index contributed by atoms with van der Waals surface area (Å²) in [7, 11) is 3.47. The monoisotopic (exact) mass is 427 g/mol. The van der Waals surface area contributed by atoms with Crippen LogP contribution in [0.5, 0.6) is 0 Å². The van der Waals surface area contributed by atoms with Crippen molar-refractivity contribution in [2.24, 2.45) is 10.1 Å². The van der Waals surface area contributed by atoms with Gasteiger partial charge in [-0.25, -0.2) is 18.8 Å². The number of aliphatic imine (C=N–C) groups is 1. The number of nitrogens with one attached hydrogen (secondary N) is 1. The molecular formula is C21H23F2N7O. The first kappa shape index (κ1) is 22.0. The largest absolute Gasteiger partial charge is 0.337 e. The van der Waals surface area contributed by atoms with Gasteiger partial charge in [0, 0.05) is 33.9 Å². The Kier molecular flexibility index (Phi) is 6.68. The Morgan fingerprint density at radius 1 is 1.26 bits per heavy atom. The summed E-state index contributed by atoms with van der Waals surface area (Å²) in [4.78, 5) is 27.2. The van der Waals surface area contributed by atoms with Crippen molar-refractivity contribution >= 4 is 30.0 Å². The van der Waals surface area contributed by atoms with Crippen LogP contribution in [0.25, 0.3) is 5.57 Å². The third-order valence-electron chi connectivity index (χ3n) is 5.00. The van der Waals surface area contributed by atoms with E-state index in [-0.39, 0.29) is 5.82 Å². The Hall–Kier alpha value is -3.69. The van der Waals surface area contributed by atoms with Crippen LogP contribution in [-0.4, -0.2) is 65.6 Å². The molecule has 1 aliphatic rings. The normalized spacial score (nSPS) is 14.5. The third-order valence-corrected chi connectivity index (χ3v) is 5.00. The van der Waals surface area contributed by atoms with E-state index in [0.29, 0.717) is 18.2 Å². The average Bonchev–Trinajstić information content (AvgIpc) is 2.75. The van der Waals surface area contributed by atoms with Crippen molar-refractivity contribution in [1.82, 2.24) is 19.9 Å². The van der Waals surface area contributed by atoms with E-state index in [1.165, 1.54) is 24.0 Å². The summed E-state index contributed by atoms with van der Waals surface area (Å²) in [5.41, 5.74) is 2.12. The number of halogens is 2. The van der Waals surface area contributed by atoms with Crippen LogP contribution in [0.2, 0.25) is 0 Å². The minimum atomic E-state index is -0.947. The number of benzene rings is 1. The number of hydrogen-bond acceptors (Lipinski definition) is 5. The Balaban J connectivity index is 1.77. The fourth-order valence-corrected chi connectivity index (χ4v) is 3.32. The molecule has 1 amide bonds. The molecule has 10 heteroatoms. The highest BCUT2D eigenvalue weighted by Gasteiger charge is 2.24. The van der Waals surface area contributed by atoms with E-state index in [9.17, 15) is 13.6 Å². The molecule has 0 radical (unpaired) electrons. The molecule has 1 aromatic heterocycles. The van der Waals surface area contributed by atoms with Gasteiger partial charge in [0.1, 0.15) is 17.2 Å². The number of hydrogen-bond donors (Lipinski definition) is 1. The third kappa shape index (κ3) is 4.73. The minimum absolute atomic E-state index is 0.0914. The fraction of sp³-hybridized carbons (Fsp3) is 0.286. The number of hydrazone groups is 1. The van der Waals surface area contributed by atoms with E-state index in [0.717, 1.165) is 30.7 Å². The van der Waals surface area contributed by atoms with Gasteiger partial charge in [0.05, 0.1) is 18.1 Å². The van der Waals surface area contributed by atoms with E-state index in [4.69, 9.17) is 0 Å². The molecule has 1 aromatic carbocycles. The molecule has 1 aliphatic heterocycles. The second-order valence-corrected chi connectivity index (χ2v) is 6.96. The number of rotatable bonds is 4. The molecule has 31 heavy (non-hydrogen) atoms. The van der Waals surface area contributed by atoms with Gasteiger partial charge in [0.25, 0.3) is 5.91 Å². The van der Waals surface area contributed by atoms with Crippen LogP contribution < -0.4 is 5.32 Å². The van der Waals surface area contributed by atoms with Crippen molar-refractivity contribution < 1.29 is 13.6 Å². The number of anilines is 1. The second kappa shape index (κ2) is 9.41. The van der Waals surface area contributed by atoms with Crippen LogP contribution in [0.1, 0.15) is 29.4 Å². The molecule has 0 fully saturated rings. The van der Waals surface area contributed by atoms with Crippen molar-refractivity contribution in [3.63, 3.8) is 0 Å². The van der Waals surface area contributed by atoms with Gasteiger partial charge in [0.2, 0.25) is 5.96 Å². The molecule has 0 aliphatic carbocycles. The molecule has 1 N–H and O–H groups in total. The SMILES string of the molecule is C=NN(C)C(=NC)N1CCC(C)=C(c2cnc(NC(=O)c3c(F)cccc3F)cn2)C1. The predicted molar refractivity (Wildman–Crippen MR) is 116 cm³/mol. The van der Waals surface area contributed by atoms with E-state index in [1.807, 2.05) is 6.92 Å². The summed E-state index contributed by atoms with van der Waals surface area (Å²) in [5, 5.41) is 7.88. The molecule has 8 nitrogen and oxygen atoms in total. The van der Waals surface area contributed by atoms with Crippen LogP contribution in [0.4, 0.5) is 14.6 Å². The van der Waals surface area contributed by atoms with E-state index < -0.39 is 23.1 Å². The topological polar surface area (TPSA) is 86.1 Å². The second-order valence-electron chi connectivity index (χ2n) is 6.96. The van der Waals surface area contributed by atoms with Gasteiger partial charge < -0.3 is 10.2 Å². The fourth-order valence-electron chi connectivity index (χ4n) is 3.32. The minimum Gasteiger partial charge on any atom is -0.337 e. The van der Waals surface area contributed by atoms with Crippen LogP contribution in [0.3, 0.4) is 0 Å². The van der Waals surface area contributed by atoms with Crippen molar-refractivity contribution in [1.29, 1.82) is 0 Å². The molecule has 0 atom stereocenters. The summed E-state index contributed by atoms with van der Waals surface area (Å²) < 4.78 is 27.6. The zero-order valence-corrected chi connectivity index (χ0v) is 17.6. The Labute approximate surface area is 179 Å². The van der Waals surface area contributed by atoms with Gasteiger partial charge in [-0.1, -0.05) is 11.6 Å². The zero-order chi connectivity index (χ0) is 22.5. The lowest BCUT2D eigenvalue weighted by Gasteiger charge is -2.34. The average molecular weight is 427 g/mol. The molecule has 3 rings (SSSR count). The Morgan fingerprint density at radius 2 is 1.97 bits per heavy atom. The van der Waals surface area contributed by atoms with E-state index in [2.05, 4.69) is 37.0 Å². The van der Waals surface area contributed by atoms with Gasteiger partial charge in [-0.05, 0) is 31.1 Å². The summed E-state index contributed by atoms with van der Waals surface area (Å²) >= 11 is 0. The Morgan fingerprint density at radius 3 is 2.55 bits per heavy atom. The lowest BCUT2D eigenvalue weighted by atomic mass is 9.99. The number of carbonyl (C=O) groups excluding carboxylic acids is 1. The number of amides is 1. The lowest BCUT2D eigenvalue weighted by molar-refractivity contribution is 0.101. The summed E-state index contributed by atoms with van der Waals surface area (Å²) in [6.45, 7) is 6.90. The molecule has 2 aromatic rings. The first-order chi connectivity index (χ1) is 14.8. The van der Waals surface area contributed by atoms with Gasteiger partial charge >= 0.3 is 0 Å². The maximum absolute atomic E-state index is 13.8. The summed E-state index contributed by atoms with van der Waals surface area (Å²) in [6, 6.07) is 3.23. The first-order valence-electron chi connectivity index (χ1n) is 9.54. The standard InChI is InChI=1S/C21H23F2N7O/c1-13-8-9-30(21(24-2)29(4)25-3)12-14(13)17-10-27-18(11-26-17)28-20(31)19-15(22)6-5-7-16(19)23/h5-7,10-11H,3,8-9,12H2,1-2,4H3,(H,27,28,31). The molecular weight excluding hydrogens is 404 g/mol. The van der Waals surface area contributed by atoms with Crippen molar-refractivity contribution in [3.05, 3.63) is 59.1 Å². The van der Waals surface area contributed by atoms with Crippen molar-refractivity contribution in [2.75, 3.05) is 32.5 Å². The lowest BCUT2D eigenvalue weighted by Crippen LogP contribution is -2.43. The first-order valence-corrected chi connectivity index (χ1v) is 9.54.